The average molecular weight is 475 g/mol. The summed E-state index contributed by atoms with van der Waals surface area (Å²) in [5, 5.41) is 3.45. The third kappa shape index (κ3) is 4.96. The Balaban J connectivity index is 1.63. The molecule has 4 rings (SSSR count). The first kappa shape index (κ1) is 23.1. The number of rotatable bonds is 6. The molecule has 8 nitrogen and oxygen atoms in total. The van der Waals surface area contributed by atoms with Crippen LogP contribution in [0.2, 0.25) is 0 Å². The minimum Gasteiger partial charge on any atom is -0.493 e. The molecule has 2 unspecified atom stereocenters. The van der Waals surface area contributed by atoms with Crippen molar-refractivity contribution in [3.63, 3.8) is 0 Å². The maximum absolute atomic E-state index is 14.7. The van der Waals surface area contributed by atoms with E-state index in [4.69, 9.17) is 9.15 Å². The summed E-state index contributed by atoms with van der Waals surface area (Å²) in [6.07, 6.45) is 0. The molecule has 1 aliphatic heterocycles. The highest BCUT2D eigenvalue weighted by atomic mass is 32.2. The van der Waals surface area contributed by atoms with Gasteiger partial charge in [0.1, 0.15) is 23.2 Å². The van der Waals surface area contributed by atoms with Gasteiger partial charge in [-0.05, 0) is 63.2 Å². The molecule has 1 aromatic carbocycles. The van der Waals surface area contributed by atoms with Gasteiger partial charge in [-0.3, -0.25) is 4.72 Å². The molecule has 2 atom stereocenters. The molecule has 0 radical (unpaired) electrons. The molecule has 176 valence electrons. The van der Waals surface area contributed by atoms with Crippen molar-refractivity contribution in [2.75, 3.05) is 29.8 Å². The van der Waals surface area contributed by atoms with E-state index in [2.05, 4.69) is 33.8 Å². The number of furan rings is 1. The average Bonchev–Trinajstić information content (AvgIpc) is 3.18. The van der Waals surface area contributed by atoms with Crippen LogP contribution in [0.15, 0.2) is 51.8 Å². The second-order valence-electron chi connectivity index (χ2n) is 8.25. The Labute approximate surface area is 192 Å². The highest BCUT2D eigenvalue weighted by Gasteiger charge is 2.25. The second kappa shape index (κ2) is 9.03. The number of hydrogen-bond acceptors (Lipinski definition) is 7. The van der Waals surface area contributed by atoms with Gasteiger partial charge in [0.05, 0.1) is 17.6 Å². The molecule has 0 amide bonds. The monoisotopic (exact) mass is 474 g/mol. The van der Waals surface area contributed by atoms with Gasteiger partial charge in [0.15, 0.2) is 11.6 Å². The number of piperazine rings is 1. The Hall–Kier alpha value is -3.11. The quantitative estimate of drug-likeness (QED) is 0.561. The van der Waals surface area contributed by atoms with Gasteiger partial charge in [-0.15, -0.1) is 0 Å². The van der Waals surface area contributed by atoms with Crippen LogP contribution < -0.4 is 19.7 Å². The third-order valence-corrected chi connectivity index (χ3v) is 6.77. The van der Waals surface area contributed by atoms with Crippen LogP contribution in [-0.4, -0.2) is 45.7 Å². The molecule has 1 aliphatic rings. The summed E-state index contributed by atoms with van der Waals surface area (Å²) in [4.78, 5) is 6.37. The van der Waals surface area contributed by atoms with E-state index >= 15 is 0 Å². The number of halogens is 1. The summed E-state index contributed by atoms with van der Waals surface area (Å²) in [5.74, 6) is 1.20. The summed E-state index contributed by atoms with van der Waals surface area (Å²) >= 11 is 0. The van der Waals surface area contributed by atoms with Crippen molar-refractivity contribution in [3.8, 4) is 17.1 Å². The second-order valence-corrected chi connectivity index (χ2v) is 9.93. The lowest BCUT2D eigenvalue weighted by atomic mass is 10.1. The lowest BCUT2D eigenvalue weighted by molar-refractivity contribution is 0.403. The van der Waals surface area contributed by atoms with Gasteiger partial charge < -0.3 is 19.4 Å². The molecule has 0 aliphatic carbocycles. The Morgan fingerprint density at radius 3 is 2.48 bits per heavy atom. The molecular weight excluding hydrogens is 447 g/mol. The fourth-order valence-electron chi connectivity index (χ4n) is 3.99. The fourth-order valence-corrected chi connectivity index (χ4v) is 5.02. The Morgan fingerprint density at radius 2 is 1.88 bits per heavy atom. The van der Waals surface area contributed by atoms with Crippen molar-refractivity contribution < 1.29 is 22.0 Å². The van der Waals surface area contributed by atoms with Crippen LogP contribution in [0.25, 0.3) is 11.3 Å². The number of anilines is 2. The van der Waals surface area contributed by atoms with E-state index in [1.807, 2.05) is 0 Å². The fraction of sp³-hybridized carbons (Fsp3) is 0.348. The predicted octanol–water partition coefficient (Wildman–Crippen LogP) is 3.79. The molecule has 1 fully saturated rings. The first-order valence-corrected chi connectivity index (χ1v) is 12.1. The molecule has 0 saturated carbocycles. The molecule has 1 saturated heterocycles. The summed E-state index contributed by atoms with van der Waals surface area (Å²) < 4.78 is 54.0. The van der Waals surface area contributed by atoms with Crippen molar-refractivity contribution in [3.05, 3.63) is 54.0 Å². The topological polar surface area (TPSA) is 96.7 Å². The molecule has 3 heterocycles. The van der Waals surface area contributed by atoms with Gasteiger partial charge in [-0.1, -0.05) is 0 Å². The van der Waals surface area contributed by atoms with Crippen LogP contribution in [0.1, 0.15) is 19.6 Å². The zero-order valence-electron chi connectivity index (χ0n) is 18.9. The zero-order chi connectivity index (χ0) is 23.8. The maximum atomic E-state index is 14.7. The Morgan fingerprint density at radius 1 is 1.15 bits per heavy atom. The third-order valence-electron chi connectivity index (χ3n) is 5.43. The van der Waals surface area contributed by atoms with Crippen LogP contribution >= 0.6 is 0 Å². The minimum absolute atomic E-state index is 0.0417. The van der Waals surface area contributed by atoms with Gasteiger partial charge in [-0.25, -0.2) is 17.8 Å². The van der Waals surface area contributed by atoms with Crippen molar-refractivity contribution in [2.45, 2.75) is 37.8 Å². The molecule has 3 aromatic rings. The van der Waals surface area contributed by atoms with E-state index in [1.54, 1.807) is 31.2 Å². The first-order valence-electron chi connectivity index (χ1n) is 10.6. The normalized spacial score (nSPS) is 18.9. The number of benzene rings is 1. The maximum Gasteiger partial charge on any atom is 0.263 e. The number of sulfonamides is 1. The van der Waals surface area contributed by atoms with Crippen LogP contribution in [0.4, 0.5) is 16.0 Å². The Kier molecular flexibility index (Phi) is 6.31. The van der Waals surface area contributed by atoms with Gasteiger partial charge in [0.25, 0.3) is 10.0 Å². The summed E-state index contributed by atoms with van der Waals surface area (Å²) in [5.41, 5.74) is 0.182. The minimum atomic E-state index is -4.13. The van der Waals surface area contributed by atoms with Gasteiger partial charge in [0, 0.05) is 25.2 Å². The highest BCUT2D eigenvalue weighted by molar-refractivity contribution is 7.92. The van der Waals surface area contributed by atoms with Crippen molar-refractivity contribution in [2.24, 2.45) is 0 Å². The number of ether oxygens (including phenoxy) is 1. The van der Waals surface area contributed by atoms with Gasteiger partial charge >= 0.3 is 0 Å². The highest BCUT2D eigenvalue weighted by Crippen LogP contribution is 2.31. The van der Waals surface area contributed by atoms with E-state index in [0.717, 1.165) is 19.2 Å². The van der Waals surface area contributed by atoms with Gasteiger partial charge in [0.2, 0.25) is 0 Å². The van der Waals surface area contributed by atoms with Crippen LogP contribution in [-0.2, 0) is 10.0 Å². The summed E-state index contributed by atoms with van der Waals surface area (Å²) in [6.45, 7) is 7.38. The van der Waals surface area contributed by atoms with Gasteiger partial charge in [-0.2, -0.15) is 0 Å². The smallest absolute Gasteiger partial charge is 0.263 e. The molecular formula is C23H27FN4O4S. The van der Waals surface area contributed by atoms with Crippen molar-refractivity contribution in [1.82, 2.24) is 10.3 Å². The number of hydrogen-bond donors (Lipinski definition) is 2. The van der Waals surface area contributed by atoms with E-state index in [1.165, 1.54) is 19.2 Å². The summed E-state index contributed by atoms with van der Waals surface area (Å²) in [6, 6.07) is 11.0. The number of nitrogens with one attached hydrogen (secondary N) is 2. The number of methoxy groups -OCH3 is 1. The molecule has 2 N–H and O–H groups in total. The van der Waals surface area contributed by atoms with Crippen molar-refractivity contribution in [1.29, 1.82) is 0 Å². The largest absolute Gasteiger partial charge is 0.493 e. The standard InChI is InChI=1S/C23H27FN4O4S/c1-14-12-28(13-15(2)25-14)22-10-9-21(31-4)23(26-22)27-33(29,30)17-6-7-18(19(24)11-17)20-8-5-16(3)32-20/h5-11,14-15,25H,12-13H2,1-4H3,(H,26,27). The lowest BCUT2D eigenvalue weighted by Gasteiger charge is -2.37. The molecule has 10 heteroatoms. The van der Waals surface area contributed by atoms with Crippen LogP contribution in [0.3, 0.4) is 0 Å². The number of aromatic nitrogens is 1. The first-order chi connectivity index (χ1) is 15.7. The van der Waals surface area contributed by atoms with E-state index in [9.17, 15) is 12.8 Å². The number of nitrogens with zero attached hydrogens (tertiary/aromatic N) is 2. The van der Waals surface area contributed by atoms with E-state index < -0.39 is 15.8 Å². The van der Waals surface area contributed by atoms with E-state index in [0.29, 0.717) is 17.3 Å². The molecule has 2 aromatic heterocycles. The number of pyridine rings is 1. The summed E-state index contributed by atoms with van der Waals surface area (Å²) in [7, 11) is -2.69. The molecule has 0 spiro atoms. The lowest BCUT2D eigenvalue weighted by Crippen LogP contribution is -2.54. The zero-order valence-corrected chi connectivity index (χ0v) is 19.7. The van der Waals surface area contributed by atoms with Crippen LogP contribution in [0, 0.1) is 12.7 Å². The number of aryl methyl sites for hydroxylation is 1. The predicted molar refractivity (Wildman–Crippen MR) is 125 cm³/mol. The SMILES string of the molecule is COc1ccc(N2CC(C)NC(C)C2)nc1NS(=O)(=O)c1ccc(-c2ccc(C)o2)c(F)c1. The van der Waals surface area contributed by atoms with Crippen molar-refractivity contribution >= 4 is 21.7 Å². The molecule has 33 heavy (non-hydrogen) atoms. The Bertz CT molecular complexity index is 1250. The van der Waals surface area contributed by atoms with Crippen LogP contribution in [0.5, 0.6) is 5.75 Å². The van der Waals surface area contributed by atoms with E-state index in [-0.39, 0.29) is 34.1 Å². The molecule has 0 bridgehead atoms.